The molecule has 4 nitrogen and oxygen atoms in total. The Labute approximate surface area is 113 Å². The van der Waals surface area contributed by atoms with Crippen molar-refractivity contribution in [3.05, 3.63) is 35.1 Å². The van der Waals surface area contributed by atoms with E-state index in [0.29, 0.717) is 25.2 Å². The number of carbonyl (C=O) groups is 1. The lowest BCUT2D eigenvalue weighted by atomic mass is 10.1. The van der Waals surface area contributed by atoms with E-state index < -0.39 is 0 Å². The molecule has 0 aromatic heterocycles. The molecule has 1 atom stereocenters. The Balaban J connectivity index is 2.67. The standard InChI is InChI=1S/C14H22FN3O/c1-10(7-16)14(19)17-8-11-4-5-13(15)12(6-11)9-18(2)3/h4-6,10H,7-9,16H2,1-3H3,(H,17,19). The summed E-state index contributed by atoms with van der Waals surface area (Å²) in [5, 5.41) is 2.79. The van der Waals surface area contributed by atoms with Gasteiger partial charge >= 0.3 is 0 Å². The Morgan fingerprint density at radius 1 is 1.47 bits per heavy atom. The van der Waals surface area contributed by atoms with Crippen molar-refractivity contribution in [2.24, 2.45) is 11.7 Å². The largest absolute Gasteiger partial charge is 0.352 e. The van der Waals surface area contributed by atoms with Gasteiger partial charge in [-0.1, -0.05) is 13.0 Å². The molecule has 0 heterocycles. The first-order chi connectivity index (χ1) is 8.93. The predicted octanol–water partition coefficient (Wildman–Crippen LogP) is 1.10. The lowest BCUT2D eigenvalue weighted by Gasteiger charge is -2.13. The third-order valence-electron chi connectivity index (χ3n) is 2.86. The second-order valence-electron chi connectivity index (χ2n) is 5.02. The number of benzene rings is 1. The van der Waals surface area contributed by atoms with Crippen LogP contribution in [0.3, 0.4) is 0 Å². The number of carbonyl (C=O) groups excluding carboxylic acids is 1. The molecule has 1 unspecified atom stereocenters. The predicted molar refractivity (Wildman–Crippen MR) is 73.9 cm³/mol. The van der Waals surface area contributed by atoms with E-state index in [1.165, 1.54) is 6.07 Å². The van der Waals surface area contributed by atoms with Crippen LogP contribution in [-0.2, 0) is 17.9 Å². The van der Waals surface area contributed by atoms with Crippen LogP contribution in [-0.4, -0.2) is 31.4 Å². The zero-order valence-electron chi connectivity index (χ0n) is 11.7. The number of hydrogen-bond acceptors (Lipinski definition) is 3. The number of rotatable bonds is 6. The molecule has 0 radical (unpaired) electrons. The van der Waals surface area contributed by atoms with Gasteiger partial charge in [-0.15, -0.1) is 0 Å². The molecule has 0 fully saturated rings. The van der Waals surface area contributed by atoms with Crippen LogP contribution in [0.1, 0.15) is 18.1 Å². The number of nitrogens with one attached hydrogen (secondary N) is 1. The molecule has 1 aromatic carbocycles. The van der Waals surface area contributed by atoms with Crippen LogP contribution in [0.5, 0.6) is 0 Å². The number of hydrogen-bond donors (Lipinski definition) is 2. The van der Waals surface area contributed by atoms with Crippen LogP contribution < -0.4 is 11.1 Å². The molecular weight excluding hydrogens is 245 g/mol. The SMILES string of the molecule is CC(CN)C(=O)NCc1ccc(F)c(CN(C)C)c1. The van der Waals surface area contributed by atoms with E-state index in [4.69, 9.17) is 5.73 Å². The summed E-state index contributed by atoms with van der Waals surface area (Å²) in [6.07, 6.45) is 0. The summed E-state index contributed by atoms with van der Waals surface area (Å²) in [6, 6.07) is 4.90. The number of amides is 1. The van der Waals surface area contributed by atoms with Crippen molar-refractivity contribution >= 4 is 5.91 Å². The summed E-state index contributed by atoms with van der Waals surface area (Å²) in [7, 11) is 3.77. The minimum Gasteiger partial charge on any atom is -0.352 e. The van der Waals surface area contributed by atoms with Crippen molar-refractivity contribution in [3.63, 3.8) is 0 Å². The average molecular weight is 267 g/mol. The fourth-order valence-corrected chi connectivity index (χ4v) is 1.67. The second kappa shape index (κ2) is 7.21. The van der Waals surface area contributed by atoms with E-state index in [-0.39, 0.29) is 17.6 Å². The van der Waals surface area contributed by atoms with Gasteiger partial charge in [0.05, 0.1) is 0 Å². The van der Waals surface area contributed by atoms with Gasteiger partial charge in [0.1, 0.15) is 5.82 Å². The molecular formula is C14H22FN3O. The molecule has 0 bridgehead atoms. The molecule has 106 valence electrons. The maximum Gasteiger partial charge on any atom is 0.224 e. The molecule has 1 rings (SSSR count). The highest BCUT2D eigenvalue weighted by Gasteiger charge is 2.10. The maximum absolute atomic E-state index is 13.6. The molecule has 0 aliphatic carbocycles. The first kappa shape index (κ1) is 15.6. The monoisotopic (exact) mass is 267 g/mol. The van der Waals surface area contributed by atoms with Gasteiger partial charge in [0.15, 0.2) is 0 Å². The van der Waals surface area contributed by atoms with Crippen molar-refractivity contribution < 1.29 is 9.18 Å². The van der Waals surface area contributed by atoms with Crippen LogP contribution in [0.2, 0.25) is 0 Å². The van der Waals surface area contributed by atoms with E-state index in [1.54, 1.807) is 19.1 Å². The van der Waals surface area contributed by atoms with Crippen molar-refractivity contribution in [1.29, 1.82) is 0 Å². The highest BCUT2D eigenvalue weighted by Crippen LogP contribution is 2.12. The number of nitrogens with zero attached hydrogens (tertiary/aromatic N) is 1. The van der Waals surface area contributed by atoms with Crippen molar-refractivity contribution in [2.75, 3.05) is 20.6 Å². The van der Waals surface area contributed by atoms with Crippen LogP contribution in [0, 0.1) is 11.7 Å². The van der Waals surface area contributed by atoms with Crippen LogP contribution in [0.15, 0.2) is 18.2 Å². The van der Waals surface area contributed by atoms with Gasteiger partial charge < -0.3 is 16.0 Å². The lowest BCUT2D eigenvalue weighted by Crippen LogP contribution is -2.32. The minimum absolute atomic E-state index is 0.0824. The quantitative estimate of drug-likeness (QED) is 0.811. The third-order valence-corrected chi connectivity index (χ3v) is 2.86. The van der Waals surface area contributed by atoms with Gasteiger partial charge in [0.25, 0.3) is 0 Å². The molecule has 5 heteroatoms. The molecule has 0 saturated carbocycles. The van der Waals surface area contributed by atoms with E-state index in [2.05, 4.69) is 5.32 Å². The Bertz CT molecular complexity index is 435. The normalized spacial score (nSPS) is 12.5. The zero-order chi connectivity index (χ0) is 14.4. The fourth-order valence-electron chi connectivity index (χ4n) is 1.67. The Morgan fingerprint density at radius 3 is 2.74 bits per heavy atom. The smallest absolute Gasteiger partial charge is 0.224 e. The van der Waals surface area contributed by atoms with Crippen LogP contribution >= 0.6 is 0 Å². The van der Waals surface area contributed by atoms with Crippen molar-refractivity contribution in [2.45, 2.75) is 20.0 Å². The Kier molecular flexibility index (Phi) is 5.92. The molecule has 1 aromatic rings. The first-order valence-electron chi connectivity index (χ1n) is 6.33. The highest BCUT2D eigenvalue weighted by molar-refractivity contribution is 5.78. The van der Waals surface area contributed by atoms with E-state index in [1.807, 2.05) is 19.0 Å². The second-order valence-corrected chi connectivity index (χ2v) is 5.02. The van der Waals surface area contributed by atoms with Crippen LogP contribution in [0.25, 0.3) is 0 Å². The molecule has 0 aliphatic heterocycles. The summed E-state index contributed by atoms with van der Waals surface area (Å²) in [4.78, 5) is 13.5. The van der Waals surface area contributed by atoms with Crippen molar-refractivity contribution in [1.82, 2.24) is 10.2 Å². The van der Waals surface area contributed by atoms with E-state index >= 15 is 0 Å². The summed E-state index contributed by atoms with van der Waals surface area (Å²) in [5.41, 5.74) is 6.94. The third kappa shape index (κ3) is 4.96. The van der Waals surface area contributed by atoms with Crippen LogP contribution in [0.4, 0.5) is 4.39 Å². The molecule has 0 spiro atoms. The van der Waals surface area contributed by atoms with Gasteiger partial charge in [0.2, 0.25) is 5.91 Å². The number of halogens is 1. The maximum atomic E-state index is 13.6. The number of nitrogens with two attached hydrogens (primary N) is 1. The zero-order valence-corrected chi connectivity index (χ0v) is 11.7. The van der Waals surface area contributed by atoms with Gasteiger partial charge in [-0.2, -0.15) is 0 Å². The molecule has 0 saturated heterocycles. The van der Waals surface area contributed by atoms with Gasteiger partial charge in [-0.25, -0.2) is 4.39 Å². The fraction of sp³-hybridized carbons (Fsp3) is 0.500. The van der Waals surface area contributed by atoms with Gasteiger partial charge in [0, 0.05) is 31.1 Å². The molecule has 3 N–H and O–H groups in total. The lowest BCUT2D eigenvalue weighted by molar-refractivity contribution is -0.124. The summed E-state index contributed by atoms with van der Waals surface area (Å²) in [5.74, 6) is -0.512. The summed E-state index contributed by atoms with van der Waals surface area (Å²) >= 11 is 0. The van der Waals surface area contributed by atoms with Gasteiger partial charge in [-0.3, -0.25) is 4.79 Å². The topological polar surface area (TPSA) is 58.4 Å². The summed E-state index contributed by atoms with van der Waals surface area (Å²) in [6.45, 7) is 3.02. The Morgan fingerprint density at radius 2 is 2.16 bits per heavy atom. The highest BCUT2D eigenvalue weighted by atomic mass is 19.1. The average Bonchev–Trinajstić information content (AvgIpc) is 2.37. The Hall–Kier alpha value is -1.46. The first-order valence-corrected chi connectivity index (χ1v) is 6.33. The van der Waals surface area contributed by atoms with E-state index in [0.717, 1.165) is 5.56 Å². The minimum atomic E-state index is -0.223. The summed E-state index contributed by atoms with van der Waals surface area (Å²) < 4.78 is 13.6. The molecule has 1 amide bonds. The van der Waals surface area contributed by atoms with Gasteiger partial charge in [-0.05, 0) is 31.8 Å². The van der Waals surface area contributed by atoms with Crippen molar-refractivity contribution in [3.8, 4) is 0 Å². The van der Waals surface area contributed by atoms with E-state index in [9.17, 15) is 9.18 Å². The molecule has 0 aliphatic rings. The molecule has 19 heavy (non-hydrogen) atoms.